The predicted molar refractivity (Wildman–Crippen MR) is 123 cm³/mol. The Kier molecular flexibility index (Phi) is 11.2. The Hall–Kier alpha value is -2.06. The van der Waals surface area contributed by atoms with Crippen molar-refractivity contribution in [1.29, 1.82) is 0 Å². The van der Waals surface area contributed by atoms with E-state index >= 15 is 0 Å². The highest BCUT2D eigenvalue weighted by Crippen LogP contribution is 2.30. The zero-order chi connectivity index (χ0) is 24.3. The maximum absolute atomic E-state index is 12.7. The Labute approximate surface area is 195 Å². The maximum Gasteiger partial charge on any atom is 0.416 e. The molecule has 1 fully saturated rings. The second-order valence-corrected chi connectivity index (χ2v) is 8.77. The van der Waals surface area contributed by atoms with E-state index in [9.17, 15) is 18.0 Å². The van der Waals surface area contributed by atoms with Crippen LogP contribution in [0.1, 0.15) is 56.9 Å². The van der Waals surface area contributed by atoms with Gasteiger partial charge in [0.05, 0.1) is 11.7 Å². The fraction of sp³-hybridized carbons (Fsp3) is 0.640. The van der Waals surface area contributed by atoms with E-state index in [-0.39, 0.29) is 17.9 Å². The van der Waals surface area contributed by atoms with Gasteiger partial charge in [0.15, 0.2) is 0 Å². The number of halogens is 3. The van der Waals surface area contributed by atoms with Gasteiger partial charge < -0.3 is 19.3 Å². The summed E-state index contributed by atoms with van der Waals surface area (Å²) in [5.74, 6) is 0.101. The molecular weight excluding hydrogens is 433 g/mol. The van der Waals surface area contributed by atoms with Crippen LogP contribution in [0.15, 0.2) is 36.9 Å². The molecule has 0 aliphatic heterocycles. The van der Waals surface area contributed by atoms with E-state index in [2.05, 4.69) is 18.5 Å². The molecule has 1 aliphatic rings. The lowest BCUT2D eigenvalue weighted by Gasteiger charge is -2.34. The number of nitrogens with zero attached hydrogens (tertiary/aromatic N) is 2. The van der Waals surface area contributed by atoms with E-state index in [0.29, 0.717) is 0 Å². The third kappa shape index (κ3) is 9.76. The molecular formula is C25H37F3N2O3. The number of carbonyl (C=O) groups excluding carboxylic acids is 1. The van der Waals surface area contributed by atoms with Crippen molar-refractivity contribution in [2.45, 2.75) is 69.7 Å². The molecule has 0 unspecified atom stereocenters. The number of amides is 1. The first-order valence-electron chi connectivity index (χ1n) is 11.7. The number of likely N-dealkylation sites (N-methyl/N-ethyl adjacent to an activating group) is 1. The largest absolute Gasteiger partial charge is 0.416 e. The van der Waals surface area contributed by atoms with Crippen LogP contribution in [0.2, 0.25) is 0 Å². The summed E-state index contributed by atoms with van der Waals surface area (Å²) in [6.07, 6.45) is 5.18. The third-order valence-corrected chi connectivity index (χ3v) is 6.09. The van der Waals surface area contributed by atoms with Crippen LogP contribution in [0.5, 0.6) is 5.75 Å². The van der Waals surface area contributed by atoms with Gasteiger partial charge in [-0.25, -0.2) is 4.79 Å². The molecule has 0 atom stereocenters. The van der Waals surface area contributed by atoms with E-state index < -0.39 is 17.8 Å². The van der Waals surface area contributed by atoms with Crippen LogP contribution in [0.3, 0.4) is 0 Å². The van der Waals surface area contributed by atoms with Crippen LogP contribution in [-0.4, -0.2) is 61.8 Å². The van der Waals surface area contributed by atoms with Gasteiger partial charge in [-0.2, -0.15) is 13.2 Å². The van der Waals surface area contributed by atoms with E-state index in [1.165, 1.54) is 29.9 Å². The smallest absolute Gasteiger partial charge is 0.410 e. The van der Waals surface area contributed by atoms with Gasteiger partial charge in [0.25, 0.3) is 0 Å². The summed E-state index contributed by atoms with van der Waals surface area (Å²) in [6.45, 7) is 6.53. The van der Waals surface area contributed by atoms with Crippen molar-refractivity contribution in [3.63, 3.8) is 0 Å². The zero-order valence-corrected chi connectivity index (χ0v) is 19.8. The van der Waals surface area contributed by atoms with E-state index in [0.717, 1.165) is 70.4 Å². The van der Waals surface area contributed by atoms with Crippen molar-refractivity contribution in [2.24, 2.45) is 0 Å². The number of rotatable bonds is 12. The summed E-state index contributed by atoms with van der Waals surface area (Å²) in [4.78, 5) is 16.2. The van der Waals surface area contributed by atoms with E-state index in [4.69, 9.17) is 9.47 Å². The van der Waals surface area contributed by atoms with Crippen molar-refractivity contribution < 1.29 is 27.4 Å². The lowest BCUT2D eigenvalue weighted by Crippen LogP contribution is -2.42. The van der Waals surface area contributed by atoms with Gasteiger partial charge in [0, 0.05) is 26.2 Å². The predicted octanol–water partition coefficient (Wildman–Crippen LogP) is 6.14. The molecule has 0 saturated heterocycles. The number of unbranched alkanes of at least 4 members (excludes halogenated alkanes) is 3. The van der Waals surface area contributed by atoms with Crippen LogP contribution in [-0.2, 0) is 10.9 Å². The van der Waals surface area contributed by atoms with Gasteiger partial charge in [-0.3, -0.25) is 0 Å². The van der Waals surface area contributed by atoms with Crippen LogP contribution < -0.4 is 4.74 Å². The SMILES string of the molecule is C=CCN(C)CCCCCCO[C@H]1CC[C@H](N(C)C(=O)Oc2ccc(C(F)(F)F)cc2)CC1. The van der Waals surface area contributed by atoms with Gasteiger partial charge in [-0.1, -0.05) is 18.9 Å². The van der Waals surface area contributed by atoms with Gasteiger partial charge in [0.2, 0.25) is 0 Å². The number of ether oxygens (including phenoxy) is 2. The number of carbonyl (C=O) groups is 1. The molecule has 1 aromatic rings. The monoisotopic (exact) mass is 470 g/mol. The molecule has 1 amide bonds. The van der Waals surface area contributed by atoms with Crippen LogP contribution in [0, 0.1) is 0 Å². The molecule has 0 N–H and O–H groups in total. The lowest BCUT2D eigenvalue weighted by molar-refractivity contribution is -0.137. The van der Waals surface area contributed by atoms with Crippen molar-refractivity contribution in [1.82, 2.24) is 9.80 Å². The van der Waals surface area contributed by atoms with Gasteiger partial charge in [-0.15, -0.1) is 6.58 Å². The van der Waals surface area contributed by atoms with Crippen LogP contribution >= 0.6 is 0 Å². The minimum absolute atomic E-state index is 0.0411. The van der Waals surface area contributed by atoms with Gasteiger partial charge in [0.1, 0.15) is 5.75 Å². The minimum atomic E-state index is -4.41. The minimum Gasteiger partial charge on any atom is -0.410 e. The molecule has 0 bridgehead atoms. The Morgan fingerprint density at radius 2 is 1.70 bits per heavy atom. The highest BCUT2D eigenvalue weighted by atomic mass is 19.4. The Bertz CT molecular complexity index is 717. The van der Waals surface area contributed by atoms with Crippen molar-refractivity contribution in [3.8, 4) is 5.75 Å². The molecule has 33 heavy (non-hydrogen) atoms. The molecule has 1 saturated carbocycles. The summed E-state index contributed by atoms with van der Waals surface area (Å²) >= 11 is 0. The molecule has 2 rings (SSSR count). The standard InChI is InChI=1S/C25H37F3N2O3/c1-4-17-29(2)18-7-5-6-8-19-32-22-15-11-21(12-16-22)30(3)24(31)33-23-13-9-20(10-14-23)25(26,27)28/h4,9-10,13-14,21-22H,1,5-8,11-12,15-19H2,2-3H3/t21-,22-. The van der Waals surface area contributed by atoms with Gasteiger partial charge >= 0.3 is 12.3 Å². The highest BCUT2D eigenvalue weighted by molar-refractivity contribution is 5.70. The van der Waals surface area contributed by atoms with Crippen molar-refractivity contribution in [3.05, 3.63) is 42.5 Å². The molecule has 0 spiro atoms. The van der Waals surface area contributed by atoms with Gasteiger partial charge in [-0.05, 0) is 76.4 Å². The molecule has 0 heterocycles. The first kappa shape index (κ1) is 27.2. The average Bonchev–Trinajstić information content (AvgIpc) is 2.78. The molecule has 0 radical (unpaired) electrons. The highest BCUT2D eigenvalue weighted by Gasteiger charge is 2.31. The second-order valence-electron chi connectivity index (χ2n) is 8.77. The fourth-order valence-electron chi connectivity index (χ4n) is 4.03. The first-order chi connectivity index (χ1) is 15.7. The average molecular weight is 471 g/mol. The third-order valence-electron chi connectivity index (χ3n) is 6.09. The second kappa shape index (κ2) is 13.6. The molecule has 1 aliphatic carbocycles. The molecule has 5 nitrogen and oxygen atoms in total. The summed E-state index contributed by atoms with van der Waals surface area (Å²) < 4.78 is 49.2. The molecule has 1 aromatic carbocycles. The number of hydrogen-bond donors (Lipinski definition) is 0. The summed E-state index contributed by atoms with van der Waals surface area (Å²) in [5, 5.41) is 0. The molecule has 8 heteroatoms. The quantitative estimate of drug-likeness (QED) is 0.272. The van der Waals surface area contributed by atoms with E-state index in [1.54, 1.807) is 7.05 Å². The number of hydrogen-bond acceptors (Lipinski definition) is 4. The maximum atomic E-state index is 12.7. The number of benzene rings is 1. The summed E-state index contributed by atoms with van der Waals surface area (Å²) in [6, 6.07) is 4.19. The Balaban J connectivity index is 1.60. The summed E-state index contributed by atoms with van der Waals surface area (Å²) in [5.41, 5.74) is -0.773. The Morgan fingerprint density at radius 1 is 1.06 bits per heavy atom. The first-order valence-corrected chi connectivity index (χ1v) is 11.7. The summed E-state index contributed by atoms with van der Waals surface area (Å²) in [7, 11) is 3.78. The van der Waals surface area contributed by atoms with Crippen molar-refractivity contribution >= 4 is 6.09 Å². The Morgan fingerprint density at radius 3 is 2.30 bits per heavy atom. The molecule has 0 aromatic heterocycles. The number of alkyl halides is 3. The lowest BCUT2D eigenvalue weighted by atomic mass is 9.92. The molecule has 186 valence electrons. The van der Waals surface area contributed by atoms with Crippen LogP contribution in [0.25, 0.3) is 0 Å². The zero-order valence-electron chi connectivity index (χ0n) is 19.8. The normalized spacial score (nSPS) is 18.8. The van der Waals surface area contributed by atoms with Crippen molar-refractivity contribution in [2.75, 3.05) is 33.8 Å². The van der Waals surface area contributed by atoms with Crippen LogP contribution in [0.4, 0.5) is 18.0 Å². The van der Waals surface area contributed by atoms with E-state index in [1.807, 2.05) is 6.08 Å². The fourth-order valence-corrected chi connectivity index (χ4v) is 4.03. The topological polar surface area (TPSA) is 42.0 Å².